The number of nitrogens with two attached hydrogens (primary N) is 1. The molecule has 2 atom stereocenters. The first-order chi connectivity index (χ1) is 8.61. The van der Waals surface area contributed by atoms with Crippen molar-refractivity contribution in [1.82, 2.24) is 4.98 Å². The van der Waals surface area contributed by atoms with Crippen LogP contribution >= 0.6 is 0 Å². The normalized spacial score (nSPS) is 24.5. The van der Waals surface area contributed by atoms with E-state index in [0.717, 1.165) is 43.2 Å². The van der Waals surface area contributed by atoms with Crippen molar-refractivity contribution >= 4 is 11.8 Å². The molecule has 4 nitrogen and oxygen atoms in total. The Morgan fingerprint density at radius 1 is 1.39 bits per heavy atom. The number of aromatic nitrogens is 1. The van der Waals surface area contributed by atoms with Crippen molar-refractivity contribution in [2.75, 3.05) is 5.73 Å². The number of aliphatic carboxylic acids is 1. The fourth-order valence-corrected chi connectivity index (χ4v) is 3.02. The molecule has 98 valence electrons. The minimum atomic E-state index is -0.704. The number of carboxylic acid groups (broad SMARTS) is 1. The Hall–Kier alpha value is -1.58. The fraction of sp³-hybridized carbons (Fsp3) is 0.571. The summed E-state index contributed by atoms with van der Waals surface area (Å²) in [5.41, 5.74) is 7.97. The Bertz CT molecular complexity index is 425. The van der Waals surface area contributed by atoms with E-state index < -0.39 is 5.97 Å². The smallest absolute Gasteiger partial charge is 0.307 e. The van der Waals surface area contributed by atoms with E-state index in [-0.39, 0.29) is 11.8 Å². The topological polar surface area (TPSA) is 76.2 Å². The summed E-state index contributed by atoms with van der Waals surface area (Å²) in [7, 11) is 0. The largest absolute Gasteiger partial charge is 0.481 e. The first-order valence-corrected chi connectivity index (χ1v) is 6.55. The molecule has 18 heavy (non-hydrogen) atoms. The van der Waals surface area contributed by atoms with Gasteiger partial charge in [0.25, 0.3) is 0 Å². The minimum absolute atomic E-state index is 0.0127. The highest BCUT2D eigenvalue weighted by Crippen LogP contribution is 2.39. The monoisotopic (exact) mass is 248 g/mol. The van der Waals surface area contributed by atoms with Crippen LogP contribution in [0.25, 0.3) is 0 Å². The molecule has 0 spiro atoms. The number of nitrogens with zero attached hydrogens (tertiary/aromatic N) is 1. The second-order valence-corrected chi connectivity index (χ2v) is 5.12. The van der Waals surface area contributed by atoms with E-state index in [2.05, 4.69) is 4.98 Å². The lowest BCUT2D eigenvalue weighted by Gasteiger charge is -2.24. The maximum Gasteiger partial charge on any atom is 0.307 e. The summed E-state index contributed by atoms with van der Waals surface area (Å²) in [4.78, 5) is 15.6. The Morgan fingerprint density at radius 3 is 2.78 bits per heavy atom. The number of aryl methyl sites for hydroxylation is 1. The third-order valence-corrected chi connectivity index (χ3v) is 3.94. The van der Waals surface area contributed by atoms with Crippen molar-refractivity contribution < 1.29 is 9.90 Å². The van der Waals surface area contributed by atoms with E-state index in [1.54, 1.807) is 6.20 Å². The predicted molar refractivity (Wildman–Crippen MR) is 70.3 cm³/mol. The second-order valence-electron chi connectivity index (χ2n) is 5.12. The molecule has 1 aliphatic carbocycles. The van der Waals surface area contributed by atoms with E-state index in [4.69, 9.17) is 5.73 Å². The molecule has 4 heteroatoms. The van der Waals surface area contributed by atoms with Gasteiger partial charge >= 0.3 is 5.97 Å². The number of hydrogen-bond donors (Lipinski definition) is 2. The molecule has 0 saturated heterocycles. The van der Waals surface area contributed by atoms with Gasteiger partial charge in [-0.1, -0.05) is 19.3 Å². The van der Waals surface area contributed by atoms with Crippen molar-refractivity contribution in [3.63, 3.8) is 0 Å². The molecule has 0 radical (unpaired) electrons. The summed E-state index contributed by atoms with van der Waals surface area (Å²) in [5, 5.41) is 9.42. The molecule has 1 aromatic rings. The molecule has 1 heterocycles. The maximum absolute atomic E-state index is 11.5. The van der Waals surface area contributed by atoms with Crippen LogP contribution in [-0.4, -0.2) is 16.1 Å². The Labute approximate surface area is 107 Å². The van der Waals surface area contributed by atoms with E-state index in [9.17, 15) is 9.90 Å². The van der Waals surface area contributed by atoms with Crippen LogP contribution in [0.4, 0.5) is 5.82 Å². The van der Waals surface area contributed by atoms with Gasteiger partial charge in [0.05, 0.1) is 5.92 Å². The fourth-order valence-electron chi connectivity index (χ4n) is 3.02. The predicted octanol–water partition coefficient (Wildman–Crippen LogP) is 2.72. The lowest BCUT2D eigenvalue weighted by molar-refractivity contribution is -0.142. The van der Waals surface area contributed by atoms with Gasteiger partial charge in [-0.2, -0.15) is 0 Å². The quantitative estimate of drug-likeness (QED) is 0.789. The zero-order chi connectivity index (χ0) is 13.1. The number of nitrogen functional groups attached to an aromatic ring is 1. The van der Waals surface area contributed by atoms with Crippen molar-refractivity contribution in [3.8, 4) is 0 Å². The molecule has 1 fully saturated rings. The molecule has 0 bridgehead atoms. The van der Waals surface area contributed by atoms with Crippen molar-refractivity contribution in [1.29, 1.82) is 0 Å². The molecule has 3 N–H and O–H groups in total. The zero-order valence-electron chi connectivity index (χ0n) is 10.7. The van der Waals surface area contributed by atoms with Crippen LogP contribution in [0.5, 0.6) is 0 Å². The number of carboxylic acids is 1. The molecule has 1 aromatic heterocycles. The summed E-state index contributed by atoms with van der Waals surface area (Å²) < 4.78 is 0. The van der Waals surface area contributed by atoms with Gasteiger partial charge in [-0.25, -0.2) is 4.98 Å². The molecular weight excluding hydrogens is 228 g/mol. The molecule has 0 aromatic carbocycles. The number of rotatable bonds is 2. The highest BCUT2D eigenvalue weighted by molar-refractivity contribution is 5.72. The van der Waals surface area contributed by atoms with Crippen molar-refractivity contribution in [2.45, 2.75) is 44.9 Å². The van der Waals surface area contributed by atoms with Crippen LogP contribution in [-0.2, 0) is 4.79 Å². The zero-order valence-corrected chi connectivity index (χ0v) is 10.7. The molecule has 0 aliphatic heterocycles. The highest BCUT2D eigenvalue weighted by atomic mass is 16.4. The lowest BCUT2D eigenvalue weighted by Crippen LogP contribution is -2.23. The standard InChI is InChI=1S/C14H20N2O2/c1-9-7-8-16-13(15)12(9)10-5-3-2-4-6-11(10)14(17)18/h7-8,10-11H,2-6H2,1H3,(H2,15,16)(H,17,18). The molecule has 2 unspecified atom stereocenters. The SMILES string of the molecule is Cc1ccnc(N)c1C1CCCCCC1C(=O)O. The van der Waals surface area contributed by atoms with Gasteiger partial charge in [0, 0.05) is 17.7 Å². The third kappa shape index (κ3) is 2.47. The molecule has 1 saturated carbocycles. The average molecular weight is 248 g/mol. The average Bonchev–Trinajstić information content (AvgIpc) is 2.54. The summed E-state index contributed by atoms with van der Waals surface area (Å²) >= 11 is 0. The summed E-state index contributed by atoms with van der Waals surface area (Å²) in [6, 6.07) is 1.91. The van der Waals surface area contributed by atoms with Crippen LogP contribution in [0.1, 0.15) is 49.1 Å². The highest BCUT2D eigenvalue weighted by Gasteiger charge is 2.32. The number of pyridine rings is 1. The van der Waals surface area contributed by atoms with Crippen LogP contribution in [0.3, 0.4) is 0 Å². The van der Waals surface area contributed by atoms with Gasteiger partial charge in [-0.15, -0.1) is 0 Å². The van der Waals surface area contributed by atoms with Crippen molar-refractivity contribution in [2.24, 2.45) is 5.92 Å². The summed E-state index contributed by atoms with van der Waals surface area (Å²) in [5.74, 6) is -0.519. The van der Waals surface area contributed by atoms with Crippen LogP contribution < -0.4 is 5.73 Å². The van der Waals surface area contributed by atoms with Gasteiger partial charge in [-0.3, -0.25) is 4.79 Å². The molecule has 0 amide bonds. The Balaban J connectivity index is 2.41. The van der Waals surface area contributed by atoms with E-state index >= 15 is 0 Å². The minimum Gasteiger partial charge on any atom is -0.481 e. The maximum atomic E-state index is 11.5. The summed E-state index contributed by atoms with van der Waals surface area (Å²) in [6.45, 7) is 1.98. The number of anilines is 1. The van der Waals surface area contributed by atoms with Gasteiger partial charge in [-0.05, 0) is 31.4 Å². The molecule has 1 aliphatic rings. The van der Waals surface area contributed by atoms with Gasteiger partial charge in [0.2, 0.25) is 0 Å². The number of hydrogen-bond acceptors (Lipinski definition) is 3. The Kier molecular flexibility index (Phi) is 3.84. The third-order valence-electron chi connectivity index (χ3n) is 3.94. The molecule has 2 rings (SSSR count). The Morgan fingerprint density at radius 2 is 2.11 bits per heavy atom. The first kappa shape index (κ1) is 12.9. The summed E-state index contributed by atoms with van der Waals surface area (Å²) in [6.07, 6.45) is 6.50. The van der Waals surface area contributed by atoms with Gasteiger partial charge in [0.15, 0.2) is 0 Å². The lowest BCUT2D eigenvalue weighted by atomic mass is 9.81. The van der Waals surface area contributed by atoms with Gasteiger partial charge in [0.1, 0.15) is 5.82 Å². The van der Waals surface area contributed by atoms with Crippen LogP contribution in [0.2, 0.25) is 0 Å². The second kappa shape index (κ2) is 5.38. The van der Waals surface area contributed by atoms with Crippen molar-refractivity contribution in [3.05, 3.63) is 23.4 Å². The number of carbonyl (C=O) groups is 1. The van der Waals surface area contributed by atoms with E-state index in [1.807, 2.05) is 13.0 Å². The van der Waals surface area contributed by atoms with Gasteiger partial charge < -0.3 is 10.8 Å². The van der Waals surface area contributed by atoms with E-state index in [1.165, 1.54) is 0 Å². The van der Waals surface area contributed by atoms with Crippen LogP contribution in [0, 0.1) is 12.8 Å². The molecular formula is C14H20N2O2. The van der Waals surface area contributed by atoms with E-state index in [0.29, 0.717) is 5.82 Å². The first-order valence-electron chi connectivity index (χ1n) is 6.55. The van der Waals surface area contributed by atoms with Crippen LogP contribution in [0.15, 0.2) is 12.3 Å².